The van der Waals surface area contributed by atoms with E-state index in [0.717, 1.165) is 56.9 Å². The Hall–Kier alpha value is -1.90. The van der Waals surface area contributed by atoms with Crippen LogP contribution in [0.4, 0.5) is 0 Å². The van der Waals surface area contributed by atoms with Gasteiger partial charge in [0.05, 0.1) is 17.7 Å². The van der Waals surface area contributed by atoms with Crippen LogP contribution in [0.2, 0.25) is 0 Å². The normalized spacial score (nSPS) is 17.7. The van der Waals surface area contributed by atoms with Crippen LogP contribution in [0.25, 0.3) is 0 Å². The number of rotatable bonds is 24. The Morgan fingerprint density at radius 2 is 1.20 bits per heavy atom. The molecule has 0 aromatic heterocycles. The van der Waals surface area contributed by atoms with E-state index in [1.54, 1.807) is 17.2 Å². The van der Waals surface area contributed by atoms with Gasteiger partial charge < -0.3 is 10.0 Å². The van der Waals surface area contributed by atoms with Crippen molar-refractivity contribution in [2.24, 2.45) is 5.92 Å². The Morgan fingerprint density at radius 3 is 1.71 bits per heavy atom. The summed E-state index contributed by atoms with van der Waals surface area (Å²) >= 11 is 0. The zero-order valence-corrected chi connectivity index (χ0v) is 26.9. The van der Waals surface area contributed by atoms with E-state index in [2.05, 4.69) is 12.7 Å². The summed E-state index contributed by atoms with van der Waals surface area (Å²) in [5.41, 5.74) is 5.10. The lowest BCUT2D eigenvalue weighted by atomic mass is 9.88. The lowest BCUT2D eigenvalue weighted by Gasteiger charge is -2.22. The van der Waals surface area contributed by atoms with Crippen molar-refractivity contribution in [1.29, 1.82) is 0 Å². The predicted octanol–water partition coefficient (Wildman–Crippen LogP) is 9.92. The minimum atomic E-state index is -0.571. The second-order valence-electron chi connectivity index (χ2n) is 12.7. The number of aliphatic hydroxyl groups excluding tert-OH is 1. The molecule has 1 aliphatic heterocycles. The quantitative estimate of drug-likeness (QED) is 0.0716. The molecular weight excluding hydrogens is 506 g/mol. The number of carbonyl (C=O) groups is 2. The molecule has 2 unspecified atom stereocenters. The molecule has 0 aromatic rings. The Labute approximate surface area is 252 Å². The highest BCUT2D eigenvalue weighted by Crippen LogP contribution is 2.29. The van der Waals surface area contributed by atoms with Gasteiger partial charge in [0, 0.05) is 18.8 Å². The van der Waals surface area contributed by atoms with Crippen LogP contribution in [0, 0.1) is 5.92 Å². The van der Waals surface area contributed by atoms with Gasteiger partial charge in [0.2, 0.25) is 0 Å². The van der Waals surface area contributed by atoms with Gasteiger partial charge in [0.1, 0.15) is 0 Å². The molecule has 1 aliphatic carbocycles. The predicted molar refractivity (Wildman–Crippen MR) is 173 cm³/mol. The molecule has 41 heavy (non-hydrogen) atoms. The van der Waals surface area contributed by atoms with Crippen molar-refractivity contribution in [1.82, 2.24) is 4.90 Å². The van der Waals surface area contributed by atoms with Gasteiger partial charge >= 0.3 is 0 Å². The van der Waals surface area contributed by atoms with Crippen LogP contribution in [-0.4, -0.2) is 34.7 Å². The number of nitrogens with zero attached hydrogens (tertiary/aromatic N) is 1. The largest absolute Gasteiger partial charge is 0.393 e. The van der Waals surface area contributed by atoms with Crippen LogP contribution in [0.1, 0.15) is 162 Å². The van der Waals surface area contributed by atoms with Crippen LogP contribution in [0.5, 0.6) is 0 Å². The van der Waals surface area contributed by atoms with Gasteiger partial charge in [-0.3, -0.25) is 9.59 Å². The molecule has 4 heteroatoms. The lowest BCUT2D eigenvalue weighted by molar-refractivity contribution is -0.129. The maximum Gasteiger partial charge on any atom is 0.190 e. The molecule has 0 fully saturated rings. The molecule has 232 valence electrons. The summed E-state index contributed by atoms with van der Waals surface area (Å²) in [6.45, 7) is 4.10. The Balaban J connectivity index is 1.41. The van der Waals surface area contributed by atoms with Gasteiger partial charge in [0.25, 0.3) is 0 Å². The van der Waals surface area contributed by atoms with Crippen LogP contribution in [-0.2, 0) is 9.59 Å². The maximum atomic E-state index is 13.2. The van der Waals surface area contributed by atoms with E-state index in [9.17, 15) is 14.7 Å². The van der Waals surface area contributed by atoms with Crippen molar-refractivity contribution < 1.29 is 14.7 Å². The molecule has 0 bridgehead atoms. The van der Waals surface area contributed by atoms with E-state index in [0.29, 0.717) is 17.7 Å². The summed E-state index contributed by atoms with van der Waals surface area (Å²) in [6, 6.07) is 0. The van der Waals surface area contributed by atoms with Crippen molar-refractivity contribution in [2.45, 2.75) is 168 Å². The Bertz CT molecular complexity index is 892. The Kier molecular flexibility index (Phi) is 18.7. The molecule has 0 saturated heterocycles. The van der Waals surface area contributed by atoms with Gasteiger partial charge in [0.15, 0.2) is 11.6 Å². The van der Waals surface area contributed by atoms with E-state index >= 15 is 0 Å². The van der Waals surface area contributed by atoms with Gasteiger partial charge in [-0.25, -0.2) is 0 Å². The smallest absolute Gasteiger partial charge is 0.190 e. The topological polar surface area (TPSA) is 57.6 Å². The van der Waals surface area contributed by atoms with E-state index in [1.807, 2.05) is 20.0 Å². The lowest BCUT2D eigenvalue weighted by Crippen LogP contribution is -2.30. The number of ketones is 2. The molecule has 0 amide bonds. The third-order valence-electron chi connectivity index (χ3n) is 8.93. The summed E-state index contributed by atoms with van der Waals surface area (Å²) in [6.07, 6.45) is 33.4. The maximum absolute atomic E-state index is 13.2. The fourth-order valence-electron chi connectivity index (χ4n) is 6.28. The monoisotopic (exact) mass is 567 g/mol. The zero-order chi connectivity index (χ0) is 29.7. The third-order valence-corrected chi connectivity index (χ3v) is 8.93. The first-order valence-corrected chi connectivity index (χ1v) is 17.3. The molecule has 2 atom stereocenters. The number of aliphatic hydroxyl groups is 1. The van der Waals surface area contributed by atoms with Crippen LogP contribution >= 0.6 is 0 Å². The molecule has 0 radical (unpaired) electrons. The van der Waals surface area contributed by atoms with Gasteiger partial charge in [-0.15, -0.1) is 5.73 Å². The van der Waals surface area contributed by atoms with Crippen molar-refractivity contribution >= 4 is 11.6 Å². The third kappa shape index (κ3) is 14.2. The SMILES string of the molecule is CCCCCCCCCCCCCCCCCC(O)CCCCCCCC1C(=O)C(C)=CC2=C(C1=O)N(C)C=C=C2. The number of likely N-dealkylation sites (N-methyl/N-ethyl adjacent to an activating group) is 1. The van der Waals surface area contributed by atoms with Crippen LogP contribution in [0.3, 0.4) is 0 Å². The van der Waals surface area contributed by atoms with E-state index in [-0.39, 0.29) is 17.7 Å². The molecule has 2 rings (SSSR count). The van der Waals surface area contributed by atoms with E-state index < -0.39 is 5.92 Å². The molecule has 1 heterocycles. The summed E-state index contributed by atoms with van der Waals surface area (Å²) in [5.74, 6) is -0.664. The van der Waals surface area contributed by atoms with Crippen LogP contribution < -0.4 is 0 Å². The highest BCUT2D eigenvalue weighted by Gasteiger charge is 2.34. The summed E-state index contributed by atoms with van der Waals surface area (Å²) in [4.78, 5) is 27.9. The van der Waals surface area contributed by atoms with Crippen molar-refractivity contribution in [3.8, 4) is 0 Å². The number of allylic oxidation sites excluding steroid dienone is 5. The van der Waals surface area contributed by atoms with Crippen LogP contribution in [0.15, 0.2) is 40.9 Å². The first kappa shape index (κ1) is 35.3. The number of Topliss-reactive ketones (excluding diaryl/α,β-unsaturated/α-hetero) is 2. The number of carbonyl (C=O) groups excluding carboxylic acids is 2. The molecule has 1 N–H and O–H groups in total. The highest BCUT2D eigenvalue weighted by atomic mass is 16.3. The average Bonchev–Trinajstić information content (AvgIpc) is 3.04. The number of hydrogen-bond donors (Lipinski definition) is 1. The molecular formula is C37H61NO3. The average molecular weight is 568 g/mol. The second kappa shape index (κ2) is 21.8. The first-order chi connectivity index (χ1) is 20.0. The second-order valence-corrected chi connectivity index (χ2v) is 12.7. The number of hydrogen-bond acceptors (Lipinski definition) is 4. The minimum Gasteiger partial charge on any atom is -0.393 e. The van der Waals surface area contributed by atoms with Crippen molar-refractivity contribution in [3.63, 3.8) is 0 Å². The van der Waals surface area contributed by atoms with Gasteiger partial charge in [-0.2, -0.15) is 0 Å². The van der Waals surface area contributed by atoms with Crippen molar-refractivity contribution in [3.05, 3.63) is 40.9 Å². The highest BCUT2D eigenvalue weighted by molar-refractivity contribution is 6.17. The Morgan fingerprint density at radius 1 is 0.732 bits per heavy atom. The minimum absolute atomic E-state index is 0.0341. The molecule has 0 saturated carbocycles. The standard InChI is InChI=1S/C37H61NO3/c1-4-5-6-7-8-9-10-11-12-13-14-15-16-18-21-26-33(39)27-22-19-17-20-23-28-34-36(40)31(2)30-32-25-24-29-38(3)35(32)37(34)41/h25,29-30,33-34,39H,4-23,26-28H2,1-3H3. The first-order valence-electron chi connectivity index (χ1n) is 17.3. The van der Waals surface area contributed by atoms with Crippen molar-refractivity contribution in [2.75, 3.05) is 7.05 Å². The number of unbranched alkanes of at least 4 members (excludes halogenated alkanes) is 18. The zero-order valence-electron chi connectivity index (χ0n) is 26.9. The van der Waals surface area contributed by atoms with E-state index in [1.165, 1.54) is 89.9 Å². The fraction of sp³-hybridized carbons (Fsp3) is 0.757. The van der Waals surface area contributed by atoms with Gasteiger partial charge in [-0.1, -0.05) is 135 Å². The summed E-state index contributed by atoms with van der Waals surface area (Å²) in [5, 5.41) is 10.4. The van der Waals surface area contributed by atoms with Gasteiger partial charge in [-0.05, 0) is 43.9 Å². The summed E-state index contributed by atoms with van der Waals surface area (Å²) in [7, 11) is 1.84. The molecule has 0 spiro atoms. The fourth-order valence-corrected chi connectivity index (χ4v) is 6.28. The summed E-state index contributed by atoms with van der Waals surface area (Å²) < 4.78 is 0. The van der Waals surface area contributed by atoms with E-state index in [4.69, 9.17) is 0 Å². The molecule has 4 nitrogen and oxygen atoms in total. The molecule has 2 aliphatic rings. The molecule has 0 aromatic carbocycles.